The fraction of sp³-hybridized carbons (Fsp3) is 0.333. The van der Waals surface area contributed by atoms with Crippen molar-refractivity contribution in [1.82, 2.24) is 9.88 Å². The van der Waals surface area contributed by atoms with Crippen LogP contribution in [0.4, 0.5) is 17.2 Å². The second-order valence-corrected chi connectivity index (χ2v) is 7.12. The number of nitrogens with zero attached hydrogens (tertiary/aromatic N) is 4. The highest BCUT2D eigenvalue weighted by Crippen LogP contribution is 2.26. The highest BCUT2D eigenvalue weighted by molar-refractivity contribution is 7.80. The number of thiocarbonyl (C=S) groups is 1. The number of halogens is 1. The van der Waals surface area contributed by atoms with E-state index in [9.17, 15) is 10.1 Å². The molecule has 1 saturated heterocycles. The summed E-state index contributed by atoms with van der Waals surface area (Å²) in [4.78, 5) is 19.1. The molecule has 0 saturated carbocycles. The number of pyridine rings is 1. The highest BCUT2D eigenvalue weighted by atomic mass is 35.5. The maximum absolute atomic E-state index is 11.3. The van der Waals surface area contributed by atoms with Gasteiger partial charge in [-0.1, -0.05) is 17.7 Å². The molecule has 1 aliphatic heterocycles. The fourth-order valence-electron chi connectivity index (χ4n) is 2.98. The Hall–Kier alpha value is -2.45. The lowest BCUT2D eigenvalue weighted by Gasteiger charge is -2.25. The van der Waals surface area contributed by atoms with Gasteiger partial charge in [0.2, 0.25) is 5.82 Å². The normalized spacial score (nSPS) is 14.6. The summed E-state index contributed by atoms with van der Waals surface area (Å²) < 4.78 is 0. The molecule has 0 spiro atoms. The molecule has 1 fully saturated rings. The van der Waals surface area contributed by atoms with E-state index < -0.39 is 4.92 Å². The number of benzene rings is 1. The van der Waals surface area contributed by atoms with Gasteiger partial charge in [0, 0.05) is 49.2 Å². The number of aryl methyl sites for hydroxylation is 1. The minimum Gasteiger partial charge on any atom is -0.349 e. The number of hydrogen-bond donors (Lipinski definition) is 1. The summed E-state index contributed by atoms with van der Waals surface area (Å²) in [5, 5.41) is 15.8. The molecule has 0 atom stereocenters. The maximum Gasteiger partial charge on any atom is 0.311 e. The molecular weight excluding hydrogens is 386 g/mol. The van der Waals surface area contributed by atoms with Gasteiger partial charge in [0.1, 0.15) is 0 Å². The molecule has 0 aliphatic carbocycles. The van der Waals surface area contributed by atoms with Crippen LogP contribution in [0.3, 0.4) is 0 Å². The lowest BCUT2D eigenvalue weighted by Crippen LogP contribution is -2.38. The van der Waals surface area contributed by atoms with Crippen LogP contribution in [-0.2, 0) is 0 Å². The lowest BCUT2D eigenvalue weighted by atomic mass is 10.2. The van der Waals surface area contributed by atoms with Gasteiger partial charge in [-0.05, 0) is 49.3 Å². The Morgan fingerprint density at radius 3 is 2.85 bits per heavy atom. The van der Waals surface area contributed by atoms with Crippen LogP contribution < -0.4 is 10.2 Å². The third kappa shape index (κ3) is 4.64. The van der Waals surface area contributed by atoms with Crippen molar-refractivity contribution < 1.29 is 4.92 Å². The zero-order valence-corrected chi connectivity index (χ0v) is 16.5. The Morgan fingerprint density at radius 1 is 1.30 bits per heavy atom. The van der Waals surface area contributed by atoms with E-state index in [0.29, 0.717) is 35.6 Å². The first-order valence-electron chi connectivity index (χ1n) is 8.62. The van der Waals surface area contributed by atoms with Crippen LogP contribution in [0.2, 0.25) is 5.02 Å². The monoisotopic (exact) mass is 405 g/mol. The molecule has 7 nitrogen and oxygen atoms in total. The molecule has 2 heterocycles. The van der Waals surface area contributed by atoms with Crippen LogP contribution in [0.15, 0.2) is 36.5 Å². The topological polar surface area (TPSA) is 74.5 Å². The van der Waals surface area contributed by atoms with Gasteiger partial charge in [0.25, 0.3) is 0 Å². The third-order valence-electron chi connectivity index (χ3n) is 4.47. The summed E-state index contributed by atoms with van der Waals surface area (Å²) in [6, 6.07) is 8.80. The van der Waals surface area contributed by atoms with Gasteiger partial charge < -0.3 is 15.1 Å². The van der Waals surface area contributed by atoms with Crippen LogP contribution in [0, 0.1) is 17.0 Å². The summed E-state index contributed by atoms with van der Waals surface area (Å²) in [5.74, 6) is 0.411. The van der Waals surface area contributed by atoms with Crippen LogP contribution in [0.5, 0.6) is 0 Å². The van der Waals surface area contributed by atoms with E-state index in [1.807, 2.05) is 30.0 Å². The number of nitro groups is 1. The number of rotatable bonds is 3. The maximum atomic E-state index is 11.3. The van der Waals surface area contributed by atoms with E-state index in [1.165, 1.54) is 6.07 Å². The number of hydrogen-bond acceptors (Lipinski definition) is 5. The fourth-order valence-corrected chi connectivity index (χ4v) is 3.46. The second kappa shape index (κ2) is 8.49. The van der Waals surface area contributed by atoms with Gasteiger partial charge in [-0.2, -0.15) is 0 Å². The molecule has 1 aromatic carbocycles. The van der Waals surface area contributed by atoms with Crippen molar-refractivity contribution in [2.45, 2.75) is 13.3 Å². The second-order valence-electron chi connectivity index (χ2n) is 6.33. The molecule has 9 heteroatoms. The van der Waals surface area contributed by atoms with Gasteiger partial charge >= 0.3 is 5.69 Å². The standard InChI is InChI=1S/C18H20ClN5O2S/c1-13-5-6-14(12-15(13)19)21-18(27)23-9-3-8-22(10-11-23)17-16(24(25)26)4-2-7-20-17/h2,4-7,12H,3,8-11H2,1H3,(H,21,27). The van der Waals surface area contributed by atoms with Gasteiger partial charge in [-0.25, -0.2) is 4.98 Å². The first kappa shape index (κ1) is 19.3. The van der Waals surface area contributed by atoms with Crippen LogP contribution in [-0.4, -0.2) is 46.1 Å². The summed E-state index contributed by atoms with van der Waals surface area (Å²) in [6.45, 7) is 4.66. The van der Waals surface area contributed by atoms with Crippen molar-refractivity contribution in [3.8, 4) is 0 Å². The molecule has 27 heavy (non-hydrogen) atoms. The van der Waals surface area contributed by atoms with Gasteiger partial charge in [0.15, 0.2) is 5.11 Å². The van der Waals surface area contributed by atoms with Crippen molar-refractivity contribution in [2.24, 2.45) is 0 Å². The van der Waals surface area contributed by atoms with E-state index in [0.717, 1.165) is 24.2 Å². The lowest BCUT2D eigenvalue weighted by molar-refractivity contribution is -0.384. The van der Waals surface area contributed by atoms with Crippen LogP contribution in [0.25, 0.3) is 0 Å². The SMILES string of the molecule is Cc1ccc(NC(=S)N2CCCN(c3ncccc3[N+](=O)[O-])CC2)cc1Cl. The minimum atomic E-state index is -0.391. The zero-order valence-electron chi connectivity index (χ0n) is 14.9. The summed E-state index contributed by atoms with van der Waals surface area (Å²) >= 11 is 11.7. The highest BCUT2D eigenvalue weighted by Gasteiger charge is 2.24. The van der Waals surface area contributed by atoms with E-state index in [4.69, 9.17) is 23.8 Å². The number of aromatic nitrogens is 1. The third-order valence-corrected chi connectivity index (χ3v) is 5.24. The van der Waals surface area contributed by atoms with E-state index in [-0.39, 0.29) is 5.69 Å². The number of nitrogens with one attached hydrogen (secondary N) is 1. The van der Waals surface area contributed by atoms with Gasteiger partial charge in [0.05, 0.1) is 4.92 Å². The van der Waals surface area contributed by atoms with Crippen molar-refractivity contribution >= 4 is 46.1 Å². The Labute approximate surface area is 168 Å². The first-order valence-corrected chi connectivity index (χ1v) is 9.41. The molecule has 1 aromatic heterocycles. The smallest absolute Gasteiger partial charge is 0.311 e. The molecule has 0 bridgehead atoms. The Balaban J connectivity index is 1.67. The minimum absolute atomic E-state index is 0.0287. The Morgan fingerprint density at radius 2 is 2.11 bits per heavy atom. The van der Waals surface area contributed by atoms with E-state index in [2.05, 4.69) is 15.2 Å². The molecule has 3 rings (SSSR count). The van der Waals surface area contributed by atoms with E-state index in [1.54, 1.807) is 12.3 Å². The van der Waals surface area contributed by atoms with Crippen LogP contribution >= 0.6 is 23.8 Å². The van der Waals surface area contributed by atoms with Crippen molar-refractivity contribution in [1.29, 1.82) is 0 Å². The van der Waals surface area contributed by atoms with Gasteiger partial charge in [-0.15, -0.1) is 0 Å². The molecule has 0 amide bonds. The average molecular weight is 406 g/mol. The predicted molar refractivity (Wildman–Crippen MR) is 112 cm³/mol. The summed E-state index contributed by atoms with van der Waals surface area (Å²) in [7, 11) is 0. The zero-order chi connectivity index (χ0) is 19.4. The largest absolute Gasteiger partial charge is 0.349 e. The Kier molecular flexibility index (Phi) is 6.08. The predicted octanol–water partition coefficient (Wildman–Crippen LogP) is 3.86. The summed E-state index contributed by atoms with van der Waals surface area (Å²) in [6.07, 6.45) is 2.41. The Bertz CT molecular complexity index is 863. The molecule has 1 aliphatic rings. The quantitative estimate of drug-likeness (QED) is 0.472. The first-order chi connectivity index (χ1) is 13.0. The number of anilines is 2. The molecule has 2 aromatic rings. The molecule has 0 radical (unpaired) electrons. The van der Waals surface area contributed by atoms with E-state index >= 15 is 0 Å². The van der Waals surface area contributed by atoms with Crippen molar-refractivity contribution in [3.63, 3.8) is 0 Å². The molecular formula is C18H20ClN5O2S. The molecule has 1 N–H and O–H groups in total. The molecule has 0 unspecified atom stereocenters. The average Bonchev–Trinajstić information content (AvgIpc) is 2.91. The van der Waals surface area contributed by atoms with Gasteiger partial charge in [-0.3, -0.25) is 10.1 Å². The summed E-state index contributed by atoms with van der Waals surface area (Å²) in [5.41, 5.74) is 1.88. The van der Waals surface area contributed by atoms with Crippen molar-refractivity contribution in [3.05, 3.63) is 57.2 Å². The molecule has 142 valence electrons. The van der Waals surface area contributed by atoms with Crippen molar-refractivity contribution in [2.75, 3.05) is 36.4 Å². The van der Waals surface area contributed by atoms with Crippen LogP contribution in [0.1, 0.15) is 12.0 Å².